The van der Waals surface area contributed by atoms with Gasteiger partial charge in [0.05, 0.1) is 0 Å². The predicted octanol–water partition coefficient (Wildman–Crippen LogP) is 5.03. The van der Waals surface area contributed by atoms with Gasteiger partial charge in [-0.15, -0.1) is 0 Å². The molecule has 1 unspecified atom stereocenters. The van der Waals surface area contributed by atoms with Crippen molar-refractivity contribution in [1.82, 2.24) is 4.90 Å². The lowest BCUT2D eigenvalue weighted by molar-refractivity contribution is 0.267. The third-order valence-electron chi connectivity index (χ3n) is 4.79. The van der Waals surface area contributed by atoms with E-state index in [4.69, 9.17) is 0 Å². The molecule has 1 aliphatic rings. The van der Waals surface area contributed by atoms with Crippen LogP contribution in [0.15, 0.2) is 42.6 Å². The summed E-state index contributed by atoms with van der Waals surface area (Å²) >= 11 is 0. The molecule has 0 N–H and O–H groups in total. The van der Waals surface area contributed by atoms with Crippen molar-refractivity contribution in [3.8, 4) is 0 Å². The van der Waals surface area contributed by atoms with Crippen LogP contribution >= 0.6 is 0 Å². The van der Waals surface area contributed by atoms with Crippen molar-refractivity contribution in [1.29, 1.82) is 0 Å². The highest BCUT2D eigenvalue weighted by molar-refractivity contribution is 5.16. The second kappa shape index (κ2) is 7.52. The van der Waals surface area contributed by atoms with Gasteiger partial charge in [0.2, 0.25) is 0 Å². The second-order valence-electron chi connectivity index (χ2n) is 6.28. The number of nitrogens with zero attached hydrogens (tertiary/aromatic N) is 1. The zero-order chi connectivity index (χ0) is 14.4. The van der Waals surface area contributed by atoms with Crippen molar-refractivity contribution < 1.29 is 0 Å². The Kier molecular flexibility index (Phi) is 5.70. The van der Waals surface area contributed by atoms with Crippen molar-refractivity contribution in [3.05, 3.63) is 48.2 Å². The van der Waals surface area contributed by atoms with Gasteiger partial charge in [0.15, 0.2) is 0 Å². The van der Waals surface area contributed by atoms with Gasteiger partial charge in [-0.2, -0.15) is 0 Å². The first-order chi connectivity index (χ1) is 9.70. The van der Waals surface area contributed by atoms with Crippen LogP contribution in [0.1, 0.15) is 51.5 Å². The van der Waals surface area contributed by atoms with E-state index >= 15 is 0 Å². The zero-order valence-corrected chi connectivity index (χ0v) is 13.1. The van der Waals surface area contributed by atoms with E-state index in [-0.39, 0.29) is 0 Å². The molecule has 1 aromatic rings. The second-order valence-corrected chi connectivity index (χ2v) is 6.28. The van der Waals surface area contributed by atoms with E-state index in [1.54, 1.807) is 0 Å². The summed E-state index contributed by atoms with van der Waals surface area (Å²) in [5, 5.41) is 0. The van der Waals surface area contributed by atoms with Gasteiger partial charge in [-0.3, -0.25) is 0 Å². The number of hydrogen-bond donors (Lipinski definition) is 0. The van der Waals surface area contributed by atoms with Crippen LogP contribution in [0.3, 0.4) is 0 Å². The third-order valence-corrected chi connectivity index (χ3v) is 4.79. The molecule has 0 aromatic heterocycles. The molecule has 1 nitrogen and oxygen atoms in total. The van der Waals surface area contributed by atoms with Gasteiger partial charge >= 0.3 is 0 Å². The Hall–Kier alpha value is -1.24. The fourth-order valence-corrected chi connectivity index (χ4v) is 3.11. The molecule has 0 aliphatic carbocycles. The van der Waals surface area contributed by atoms with Crippen molar-refractivity contribution >= 4 is 0 Å². The molecule has 2 atom stereocenters. The quantitative estimate of drug-likeness (QED) is 0.672. The molecule has 0 radical (unpaired) electrons. The lowest BCUT2D eigenvalue weighted by atomic mass is 9.98. The molecule has 1 heteroatoms. The lowest BCUT2D eigenvalue weighted by Gasteiger charge is -2.28. The summed E-state index contributed by atoms with van der Waals surface area (Å²) in [4.78, 5) is 2.58. The van der Waals surface area contributed by atoms with Crippen LogP contribution in [0.5, 0.6) is 0 Å². The maximum Gasteiger partial charge on any atom is 0.0290 e. The van der Waals surface area contributed by atoms with Crippen LogP contribution < -0.4 is 0 Å². The van der Waals surface area contributed by atoms with Gasteiger partial charge in [0.25, 0.3) is 0 Å². The number of hydrogen-bond acceptors (Lipinski definition) is 1. The molecule has 0 bridgehead atoms. The number of allylic oxidation sites excluding steroid dienone is 1. The summed E-state index contributed by atoms with van der Waals surface area (Å²) in [5.74, 6) is 0.861. The van der Waals surface area contributed by atoms with E-state index in [2.05, 4.69) is 55.7 Å². The molecule has 1 heterocycles. The van der Waals surface area contributed by atoms with E-state index in [1.165, 1.54) is 43.4 Å². The smallest absolute Gasteiger partial charge is 0.0290 e. The van der Waals surface area contributed by atoms with Gasteiger partial charge in [0.1, 0.15) is 0 Å². The lowest BCUT2D eigenvalue weighted by Crippen LogP contribution is -2.30. The number of likely N-dealkylation sites (tertiary alicyclic amines) is 1. The molecule has 1 aliphatic heterocycles. The molecule has 1 fully saturated rings. The first-order valence-electron chi connectivity index (χ1n) is 8.19. The Labute approximate surface area is 124 Å². The van der Waals surface area contributed by atoms with E-state index < -0.39 is 0 Å². The summed E-state index contributed by atoms with van der Waals surface area (Å²) < 4.78 is 0. The van der Waals surface area contributed by atoms with Crippen LogP contribution in [0.4, 0.5) is 0 Å². The Morgan fingerprint density at radius 3 is 2.75 bits per heavy atom. The highest BCUT2D eigenvalue weighted by atomic mass is 15.2. The predicted molar refractivity (Wildman–Crippen MR) is 87.7 cm³/mol. The molecule has 20 heavy (non-hydrogen) atoms. The van der Waals surface area contributed by atoms with Crippen molar-refractivity contribution in [2.75, 3.05) is 6.54 Å². The molecule has 1 aromatic carbocycles. The Balaban J connectivity index is 1.85. The van der Waals surface area contributed by atoms with E-state index in [0.29, 0.717) is 0 Å². The first-order valence-corrected chi connectivity index (χ1v) is 8.19. The summed E-state index contributed by atoms with van der Waals surface area (Å²) in [6.45, 7) is 10.1. The van der Waals surface area contributed by atoms with Gasteiger partial charge in [-0.25, -0.2) is 0 Å². The third kappa shape index (κ3) is 4.13. The van der Waals surface area contributed by atoms with E-state index in [9.17, 15) is 0 Å². The fraction of sp³-hybridized carbons (Fsp3) is 0.579. The molecule has 0 amide bonds. The van der Waals surface area contributed by atoms with Crippen LogP contribution in [0.2, 0.25) is 0 Å². The molecule has 2 rings (SSSR count). The van der Waals surface area contributed by atoms with Gasteiger partial charge < -0.3 is 4.90 Å². The Bertz CT molecular complexity index is 409. The normalized spacial score (nSPS) is 20.4. The first kappa shape index (κ1) is 15.2. The van der Waals surface area contributed by atoms with Crippen molar-refractivity contribution in [2.45, 2.75) is 58.4 Å². The largest absolute Gasteiger partial charge is 0.372 e. The van der Waals surface area contributed by atoms with Crippen LogP contribution in [0, 0.1) is 5.92 Å². The number of benzene rings is 1. The van der Waals surface area contributed by atoms with Crippen LogP contribution in [-0.4, -0.2) is 17.5 Å². The summed E-state index contributed by atoms with van der Waals surface area (Å²) in [6.07, 6.45) is 7.64. The van der Waals surface area contributed by atoms with E-state index in [0.717, 1.165) is 24.9 Å². The molecular weight excluding hydrogens is 242 g/mol. The topological polar surface area (TPSA) is 3.24 Å². The van der Waals surface area contributed by atoms with Gasteiger partial charge in [-0.1, -0.05) is 57.2 Å². The highest BCUT2D eigenvalue weighted by Crippen LogP contribution is 2.30. The Morgan fingerprint density at radius 2 is 2.05 bits per heavy atom. The molecule has 110 valence electrons. The minimum Gasteiger partial charge on any atom is -0.372 e. The van der Waals surface area contributed by atoms with Crippen molar-refractivity contribution in [3.63, 3.8) is 0 Å². The number of rotatable bonds is 7. The standard InChI is InChI=1S/C19H29N/c1-4-16(2)10-12-19-13-11-17(3)20(19)15-14-18-8-6-5-7-9-18/h5-9,16,19H,3-4,10-15H2,1-2H3/t16-,19?/m1/s1. The SMILES string of the molecule is C=C1CCC(CC[C@H](C)CC)N1CCc1ccccc1. The maximum absolute atomic E-state index is 4.27. The average molecular weight is 271 g/mol. The maximum atomic E-state index is 4.27. The minimum atomic E-state index is 0.736. The zero-order valence-electron chi connectivity index (χ0n) is 13.1. The van der Waals surface area contributed by atoms with Gasteiger partial charge in [0, 0.05) is 18.3 Å². The summed E-state index contributed by atoms with van der Waals surface area (Å²) in [6, 6.07) is 11.6. The summed E-state index contributed by atoms with van der Waals surface area (Å²) in [5.41, 5.74) is 2.79. The van der Waals surface area contributed by atoms with Gasteiger partial charge in [-0.05, 0) is 43.6 Å². The molecule has 1 saturated heterocycles. The monoisotopic (exact) mass is 271 g/mol. The fourth-order valence-electron chi connectivity index (χ4n) is 3.11. The molecule has 0 saturated carbocycles. The Morgan fingerprint density at radius 1 is 1.30 bits per heavy atom. The minimum absolute atomic E-state index is 0.736. The highest BCUT2D eigenvalue weighted by Gasteiger charge is 2.26. The summed E-state index contributed by atoms with van der Waals surface area (Å²) in [7, 11) is 0. The average Bonchev–Trinajstić information content (AvgIpc) is 2.84. The molecule has 0 spiro atoms. The van der Waals surface area contributed by atoms with Crippen LogP contribution in [0.25, 0.3) is 0 Å². The van der Waals surface area contributed by atoms with E-state index in [1.807, 2.05) is 0 Å². The molecular formula is C19H29N. The van der Waals surface area contributed by atoms with Crippen molar-refractivity contribution in [2.24, 2.45) is 5.92 Å². The van der Waals surface area contributed by atoms with Crippen LogP contribution in [-0.2, 0) is 6.42 Å².